The minimum atomic E-state index is -0.371. The number of halogens is 1. The van der Waals surface area contributed by atoms with Crippen LogP contribution in [0.4, 0.5) is 4.39 Å². The number of benzene rings is 3. The number of nitriles is 1. The Balaban J connectivity index is 1.69. The third-order valence-corrected chi connectivity index (χ3v) is 4.77. The van der Waals surface area contributed by atoms with Crippen LogP contribution in [-0.4, -0.2) is 16.6 Å². The Morgan fingerprint density at radius 3 is 2.45 bits per heavy atom. The van der Waals surface area contributed by atoms with Gasteiger partial charge in [-0.3, -0.25) is 0 Å². The van der Waals surface area contributed by atoms with Crippen molar-refractivity contribution in [3.05, 3.63) is 84.2 Å². The van der Waals surface area contributed by atoms with Crippen LogP contribution in [0.3, 0.4) is 0 Å². The lowest BCUT2D eigenvalue weighted by molar-refractivity contribution is 0.174. The van der Waals surface area contributed by atoms with E-state index in [1.165, 1.54) is 6.07 Å². The third-order valence-electron chi connectivity index (χ3n) is 4.77. The van der Waals surface area contributed by atoms with E-state index in [1.54, 1.807) is 35.0 Å². The molecule has 1 aliphatic heterocycles. The summed E-state index contributed by atoms with van der Waals surface area (Å²) in [4.78, 5) is 0. The van der Waals surface area contributed by atoms with E-state index in [4.69, 9.17) is 14.7 Å². The minimum absolute atomic E-state index is 0.182. The second kappa shape index (κ2) is 6.80. The fourth-order valence-electron chi connectivity index (χ4n) is 3.31. The Hall–Kier alpha value is -4.11. The molecule has 2 heterocycles. The third kappa shape index (κ3) is 2.99. The van der Waals surface area contributed by atoms with E-state index in [-0.39, 0.29) is 12.6 Å². The van der Waals surface area contributed by atoms with Gasteiger partial charge >= 0.3 is 0 Å². The first-order valence-electron chi connectivity index (χ1n) is 8.98. The Bertz CT molecular complexity index is 1260. The van der Waals surface area contributed by atoms with Crippen LogP contribution < -0.4 is 9.47 Å². The van der Waals surface area contributed by atoms with Crippen LogP contribution in [0.15, 0.2) is 72.8 Å². The summed E-state index contributed by atoms with van der Waals surface area (Å²) in [7, 11) is 0. The molecule has 0 saturated heterocycles. The van der Waals surface area contributed by atoms with Crippen LogP contribution >= 0.6 is 0 Å². The fraction of sp³-hybridized carbons (Fsp3) is 0.0435. The van der Waals surface area contributed by atoms with Gasteiger partial charge in [-0.25, -0.2) is 9.07 Å². The van der Waals surface area contributed by atoms with Crippen LogP contribution in [0.5, 0.6) is 11.5 Å². The quantitative estimate of drug-likeness (QED) is 0.502. The van der Waals surface area contributed by atoms with Gasteiger partial charge in [0.15, 0.2) is 11.5 Å². The summed E-state index contributed by atoms with van der Waals surface area (Å²) < 4.78 is 27.0. The van der Waals surface area contributed by atoms with Gasteiger partial charge in [0.2, 0.25) is 6.79 Å². The molecule has 5 rings (SSSR count). The maximum Gasteiger partial charge on any atom is 0.231 e. The van der Waals surface area contributed by atoms with Crippen molar-refractivity contribution in [1.82, 2.24) is 9.78 Å². The Kier molecular flexibility index (Phi) is 3.99. The molecule has 3 aromatic carbocycles. The van der Waals surface area contributed by atoms with E-state index in [0.717, 1.165) is 11.1 Å². The van der Waals surface area contributed by atoms with Gasteiger partial charge in [0.05, 0.1) is 23.0 Å². The van der Waals surface area contributed by atoms with E-state index >= 15 is 0 Å². The van der Waals surface area contributed by atoms with E-state index in [9.17, 15) is 4.39 Å². The summed E-state index contributed by atoms with van der Waals surface area (Å²) in [5, 5.41) is 13.7. The average molecular weight is 383 g/mol. The monoisotopic (exact) mass is 383 g/mol. The minimum Gasteiger partial charge on any atom is -0.454 e. The van der Waals surface area contributed by atoms with Crippen molar-refractivity contribution in [3.63, 3.8) is 0 Å². The first kappa shape index (κ1) is 17.0. The Labute approximate surface area is 166 Å². The van der Waals surface area contributed by atoms with Crippen LogP contribution in [-0.2, 0) is 0 Å². The predicted octanol–water partition coefficient (Wildman–Crippen LogP) is 4.95. The smallest absolute Gasteiger partial charge is 0.231 e. The number of fused-ring (bicyclic) bond motifs is 1. The number of nitrogens with zero attached hydrogens (tertiary/aromatic N) is 3. The number of hydrogen-bond acceptors (Lipinski definition) is 4. The molecule has 6 heteroatoms. The number of para-hydroxylation sites is 1. The van der Waals surface area contributed by atoms with Crippen molar-refractivity contribution >= 4 is 0 Å². The molecule has 0 amide bonds. The molecule has 1 aliphatic rings. The van der Waals surface area contributed by atoms with Crippen molar-refractivity contribution in [2.24, 2.45) is 0 Å². The summed E-state index contributed by atoms with van der Waals surface area (Å²) in [6.07, 6.45) is 0. The van der Waals surface area contributed by atoms with E-state index in [2.05, 4.69) is 11.2 Å². The standard InChI is InChI=1S/C23H14FN3O2/c24-18-3-1-2-4-20(18)27-21(17-9-10-22-23(11-17)29-14-28-22)12-19(26-27)16-7-5-15(13-25)6-8-16/h1-12H,14H2. The molecule has 0 atom stereocenters. The lowest BCUT2D eigenvalue weighted by Gasteiger charge is -2.09. The first-order chi connectivity index (χ1) is 14.2. The fourth-order valence-corrected chi connectivity index (χ4v) is 3.31. The maximum atomic E-state index is 14.6. The van der Waals surface area contributed by atoms with Crippen molar-refractivity contribution < 1.29 is 13.9 Å². The maximum absolute atomic E-state index is 14.6. The molecule has 0 fully saturated rings. The molecular weight excluding hydrogens is 369 g/mol. The number of rotatable bonds is 3. The molecule has 140 valence electrons. The van der Waals surface area contributed by atoms with Crippen LogP contribution in [0.1, 0.15) is 5.56 Å². The molecule has 0 spiro atoms. The molecule has 29 heavy (non-hydrogen) atoms. The van der Waals surface area contributed by atoms with Gasteiger partial charge in [0.1, 0.15) is 11.5 Å². The van der Waals surface area contributed by atoms with E-state index in [0.29, 0.717) is 34.1 Å². The summed E-state index contributed by atoms with van der Waals surface area (Å²) >= 11 is 0. The molecule has 0 saturated carbocycles. The van der Waals surface area contributed by atoms with Crippen LogP contribution in [0.2, 0.25) is 0 Å². The number of ether oxygens (including phenoxy) is 2. The normalized spacial score (nSPS) is 12.0. The Morgan fingerprint density at radius 1 is 0.897 bits per heavy atom. The van der Waals surface area contributed by atoms with Crippen molar-refractivity contribution in [3.8, 4) is 45.8 Å². The van der Waals surface area contributed by atoms with Crippen molar-refractivity contribution in [2.75, 3.05) is 6.79 Å². The first-order valence-corrected chi connectivity index (χ1v) is 8.98. The van der Waals surface area contributed by atoms with Gasteiger partial charge in [-0.05, 0) is 48.5 Å². The molecule has 0 bridgehead atoms. The summed E-state index contributed by atoms with van der Waals surface area (Å²) in [5.74, 6) is 0.950. The predicted molar refractivity (Wildman–Crippen MR) is 105 cm³/mol. The second-order valence-electron chi connectivity index (χ2n) is 6.54. The molecule has 5 nitrogen and oxygen atoms in total. The number of hydrogen-bond donors (Lipinski definition) is 0. The Morgan fingerprint density at radius 2 is 1.66 bits per heavy atom. The topological polar surface area (TPSA) is 60.1 Å². The molecule has 0 aliphatic carbocycles. The van der Waals surface area contributed by atoms with Crippen LogP contribution in [0.25, 0.3) is 28.2 Å². The molecular formula is C23H14FN3O2. The highest BCUT2D eigenvalue weighted by molar-refractivity contribution is 5.72. The highest BCUT2D eigenvalue weighted by atomic mass is 19.1. The lowest BCUT2D eigenvalue weighted by atomic mass is 10.1. The zero-order valence-corrected chi connectivity index (χ0v) is 15.2. The van der Waals surface area contributed by atoms with Crippen molar-refractivity contribution in [2.45, 2.75) is 0 Å². The average Bonchev–Trinajstić information content (AvgIpc) is 3.41. The highest BCUT2D eigenvalue weighted by Crippen LogP contribution is 2.37. The van der Waals surface area contributed by atoms with Gasteiger partial charge in [-0.1, -0.05) is 24.3 Å². The summed E-state index contributed by atoms with van der Waals surface area (Å²) in [6.45, 7) is 0.182. The number of aromatic nitrogens is 2. The molecule has 0 unspecified atom stereocenters. The SMILES string of the molecule is N#Cc1ccc(-c2cc(-c3ccc4c(c3)OCO4)n(-c3ccccc3F)n2)cc1. The van der Waals surface area contributed by atoms with Gasteiger partial charge in [-0.15, -0.1) is 0 Å². The largest absolute Gasteiger partial charge is 0.454 e. The van der Waals surface area contributed by atoms with Gasteiger partial charge in [0.25, 0.3) is 0 Å². The summed E-state index contributed by atoms with van der Waals surface area (Å²) in [6, 6.07) is 23.2. The molecule has 4 aromatic rings. The molecule has 0 N–H and O–H groups in total. The van der Waals surface area contributed by atoms with Gasteiger partial charge < -0.3 is 9.47 Å². The zero-order chi connectivity index (χ0) is 19.8. The highest BCUT2D eigenvalue weighted by Gasteiger charge is 2.19. The summed E-state index contributed by atoms with van der Waals surface area (Å²) in [5.41, 5.74) is 3.96. The van der Waals surface area contributed by atoms with Crippen molar-refractivity contribution in [1.29, 1.82) is 5.26 Å². The van der Waals surface area contributed by atoms with Gasteiger partial charge in [0, 0.05) is 11.1 Å². The van der Waals surface area contributed by atoms with Crippen LogP contribution in [0, 0.1) is 17.1 Å². The van der Waals surface area contributed by atoms with E-state index < -0.39 is 0 Å². The lowest BCUT2D eigenvalue weighted by Crippen LogP contribution is -2.02. The second-order valence-corrected chi connectivity index (χ2v) is 6.54. The van der Waals surface area contributed by atoms with Gasteiger partial charge in [-0.2, -0.15) is 10.4 Å². The van der Waals surface area contributed by atoms with E-state index in [1.807, 2.05) is 36.4 Å². The molecule has 1 aromatic heterocycles. The molecule has 0 radical (unpaired) electrons. The zero-order valence-electron chi connectivity index (χ0n) is 15.2.